The summed E-state index contributed by atoms with van der Waals surface area (Å²) in [4.78, 5) is 0. The third kappa shape index (κ3) is 2.74. The number of benzene rings is 5. The molecule has 2 heterocycles. The van der Waals surface area contributed by atoms with Crippen LogP contribution in [0.3, 0.4) is 0 Å². The lowest BCUT2D eigenvalue weighted by atomic mass is 10.0. The van der Waals surface area contributed by atoms with E-state index >= 15 is 0 Å². The molecule has 5 aromatic carbocycles. The number of rotatable bonds is 2. The van der Waals surface area contributed by atoms with Crippen molar-refractivity contribution in [3.05, 3.63) is 78.9 Å². The quantitative estimate of drug-likeness (QED) is 0.217. The minimum atomic E-state index is -1.64. The van der Waals surface area contributed by atoms with E-state index < -0.39 is 16.1 Å². The lowest BCUT2D eigenvalue weighted by molar-refractivity contribution is 1.38. The van der Waals surface area contributed by atoms with E-state index in [1.54, 1.807) is 10.4 Å². The van der Waals surface area contributed by atoms with Gasteiger partial charge in [-0.25, -0.2) is 0 Å². The van der Waals surface area contributed by atoms with Crippen LogP contribution in [-0.2, 0) is 0 Å². The molecule has 0 fully saturated rings. The average molecular weight is 486 g/mol. The summed E-state index contributed by atoms with van der Waals surface area (Å²) >= 11 is 0. The van der Waals surface area contributed by atoms with Gasteiger partial charge in [0.2, 0.25) is 0 Å². The molecule has 0 spiro atoms. The van der Waals surface area contributed by atoms with Crippen LogP contribution < -0.4 is 10.4 Å². The fourth-order valence-corrected chi connectivity index (χ4v) is 10.8. The lowest BCUT2D eigenvalue weighted by Crippen LogP contribution is -2.39. The van der Waals surface area contributed by atoms with Gasteiger partial charge in [0.05, 0.1) is 32.7 Å². The van der Waals surface area contributed by atoms with E-state index in [0.29, 0.717) is 0 Å². The molecule has 0 aliphatic carbocycles. The van der Waals surface area contributed by atoms with Gasteiger partial charge in [0.15, 0.2) is 0 Å². The van der Waals surface area contributed by atoms with Gasteiger partial charge in [-0.3, -0.25) is 0 Å². The van der Waals surface area contributed by atoms with Crippen LogP contribution in [0.25, 0.3) is 59.6 Å². The molecule has 0 atom stereocenters. The molecule has 7 aromatic rings. The van der Waals surface area contributed by atoms with Gasteiger partial charge in [0.25, 0.3) is 0 Å². The Labute approximate surface area is 208 Å². The number of nitrogens with zero attached hydrogens (tertiary/aromatic N) is 1. The van der Waals surface area contributed by atoms with Crippen molar-refractivity contribution >= 4 is 86.2 Å². The molecular weight excluding hydrogens is 455 g/mol. The van der Waals surface area contributed by atoms with Crippen molar-refractivity contribution in [1.29, 1.82) is 0 Å². The molecule has 0 aliphatic heterocycles. The molecule has 0 saturated carbocycles. The molecule has 0 saturated heterocycles. The molecule has 0 radical (unpaired) electrons. The van der Waals surface area contributed by atoms with Crippen LogP contribution in [-0.4, -0.2) is 20.5 Å². The summed E-state index contributed by atoms with van der Waals surface area (Å²) in [6.07, 6.45) is 0. The van der Waals surface area contributed by atoms with Crippen molar-refractivity contribution in [1.82, 2.24) is 4.40 Å². The van der Waals surface area contributed by atoms with Gasteiger partial charge >= 0.3 is 0 Å². The van der Waals surface area contributed by atoms with Gasteiger partial charge in [-0.1, -0.05) is 106 Å². The normalized spacial score (nSPS) is 13.4. The SMILES string of the molecule is C[Si](C)(C)c1c2ccccc2cc2c1c1cccc3c4c([Si](C)(C)C)c5ccccc5cc4n2c13. The molecule has 2 aromatic heterocycles. The average Bonchev–Trinajstić information content (AvgIpc) is 3.31. The highest BCUT2D eigenvalue weighted by molar-refractivity contribution is 6.93. The Morgan fingerprint density at radius 1 is 0.486 bits per heavy atom. The topological polar surface area (TPSA) is 4.41 Å². The van der Waals surface area contributed by atoms with Gasteiger partial charge in [-0.2, -0.15) is 0 Å². The summed E-state index contributed by atoms with van der Waals surface area (Å²) in [6.45, 7) is 15.0. The van der Waals surface area contributed by atoms with E-state index in [9.17, 15) is 0 Å². The smallest absolute Gasteiger partial charge is 0.0793 e. The summed E-state index contributed by atoms with van der Waals surface area (Å²) in [5.41, 5.74) is 4.15. The highest BCUT2D eigenvalue weighted by Crippen LogP contribution is 2.41. The fourth-order valence-electron chi connectivity index (χ4n) is 6.68. The van der Waals surface area contributed by atoms with Gasteiger partial charge in [-0.05, 0) is 44.1 Å². The van der Waals surface area contributed by atoms with Gasteiger partial charge in [0.1, 0.15) is 0 Å². The van der Waals surface area contributed by atoms with Crippen molar-refractivity contribution < 1.29 is 0 Å². The maximum atomic E-state index is 2.61. The summed E-state index contributed by atoms with van der Waals surface area (Å²) in [5, 5.41) is 14.6. The van der Waals surface area contributed by atoms with Crippen molar-refractivity contribution in [3.63, 3.8) is 0 Å². The molecular formula is C32H31NSi2. The zero-order valence-corrected chi connectivity index (χ0v) is 23.5. The first-order valence-corrected chi connectivity index (χ1v) is 19.7. The van der Waals surface area contributed by atoms with Gasteiger partial charge in [0, 0.05) is 21.5 Å². The molecule has 0 unspecified atom stereocenters. The molecule has 172 valence electrons. The van der Waals surface area contributed by atoms with E-state index in [1.807, 2.05) is 0 Å². The first-order chi connectivity index (χ1) is 16.7. The zero-order chi connectivity index (χ0) is 24.3. The van der Waals surface area contributed by atoms with Crippen molar-refractivity contribution in [2.24, 2.45) is 0 Å². The number of hydrogen-bond donors (Lipinski definition) is 0. The van der Waals surface area contributed by atoms with E-state index in [1.165, 1.54) is 59.6 Å². The van der Waals surface area contributed by atoms with E-state index in [-0.39, 0.29) is 0 Å². The second-order valence-electron chi connectivity index (χ2n) is 12.3. The fraction of sp³-hybridized carbons (Fsp3) is 0.188. The van der Waals surface area contributed by atoms with Gasteiger partial charge < -0.3 is 4.40 Å². The van der Waals surface area contributed by atoms with E-state index in [2.05, 4.69) is 123 Å². The first kappa shape index (κ1) is 21.2. The molecule has 7 rings (SSSR count). The Balaban J connectivity index is 1.86. The van der Waals surface area contributed by atoms with Crippen molar-refractivity contribution in [2.75, 3.05) is 0 Å². The number of para-hydroxylation sites is 1. The second kappa shape index (κ2) is 6.74. The minimum Gasteiger partial charge on any atom is -0.308 e. The molecule has 3 heteroatoms. The van der Waals surface area contributed by atoms with Crippen LogP contribution in [0.4, 0.5) is 0 Å². The molecule has 0 aliphatic rings. The number of aromatic nitrogens is 1. The lowest BCUT2D eigenvalue weighted by Gasteiger charge is -2.23. The molecule has 35 heavy (non-hydrogen) atoms. The molecule has 0 N–H and O–H groups in total. The van der Waals surface area contributed by atoms with Crippen LogP contribution in [0.1, 0.15) is 0 Å². The largest absolute Gasteiger partial charge is 0.308 e. The maximum Gasteiger partial charge on any atom is 0.0793 e. The minimum absolute atomic E-state index is 1.36. The predicted octanol–water partition coefficient (Wildman–Crippen LogP) is 8.23. The third-order valence-corrected chi connectivity index (χ3v) is 11.9. The monoisotopic (exact) mass is 485 g/mol. The Morgan fingerprint density at radius 2 is 0.886 bits per heavy atom. The predicted molar refractivity (Wildman–Crippen MR) is 162 cm³/mol. The Bertz CT molecular complexity index is 1820. The standard InChI is InChI=1S/C32H31NSi2/c1-34(2,3)31-22-14-9-7-12-20(22)18-26-28(31)24-16-11-17-25-29-27(33(26)30(24)25)19-21-13-8-10-15-23(21)32(29)35(4,5)6/h7-19H,1-6H3. The summed E-state index contributed by atoms with van der Waals surface area (Å²) < 4.78 is 2.61. The molecule has 0 amide bonds. The number of hydrogen-bond acceptors (Lipinski definition) is 0. The Morgan fingerprint density at radius 3 is 1.31 bits per heavy atom. The summed E-state index contributed by atoms with van der Waals surface area (Å²) in [7, 11) is -3.28. The highest BCUT2D eigenvalue weighted by atomic mass is 28.3. The third-order valence-electron chi connectivity index (χ3n) is 7.84. The molecule has 0 bridgehead atoms. The van der Waals surface area contributed by atoms with Crippen LogP contribution in [0.2, 0.25) is 39.3 Å². The Hall–Kier alpha value is -3.15. The summed E-state index contributed by atoms with van der Waals surface area (Å²) in [5.74, 6) is 0. The maximum absolute atomic E-state index is 2.61. The van der Waals surface area contributed by atoms with Crippen molar-refractivity contribution in [3.8, 4) is 0 Å². The molecule has 1 nitrogen and oxygen atoms in total. The second-order valence-corrected chi connectivity index (χ2v) is 22.3. The summed E-state index contributed by atoms with van der Waals surface area (Å²) in [6, 6.07) is 30.0. The van der Waals surface area contributed by atoms with Crippen LogP contribution in [0.5, 0.6) is 0 Å². The van der Waals surface area contributed by atoms with E-state index in [4.69, 9.17) is 0 Å². The highest BCUT2D eigenvalue weighted by Gasteiger charge is 2.30. The van der Waals surface area contributed by atoms with Gasteiger partial charge in [-0.15, -0.1) is 0 Å². The van der Waals surface area contributed by atoms with Crippen LogP contribution >= 0.6 is 0 Å². The zero-order valence-electron chi connectivity index (χ0n) is 21.5. The Kier molecular flexibility index (Phi) is 4.08. The number of fused-ring (bicyclic) bond motifs is 8. The van der Waals surface area contributed by atoms with Crippen LogP contribution in [0.15, 0.2) is 78.9 Å². The van der Waals surface area contributed by atoms with E-state index in [0.717, 1.165) is 0 Å². The van der Waals surface area contributed by atoms with Crippen molar-refractivity contribution in [2.45, 2.75) is 39.3 Å². The van der Waals surface area contributed by atoms with Crippen LogP contribution in [0, 0.1) is 0 Å². The first-order valence-electron chi connectivity index (χ1n) is 12.7.